The number of hydrogen-bond acceptors (Lipinski definition) is 8. The van der Waals surface area contributed by atoms with Crippen LogP contribution in [0.5, 0.6) is 0 Å². The van der Waals surface area contributed by atoms with Gasteiger partial charge in [-0.15, -0.1) is 0 Å². The smallest absolute Gasteiger partial charge is 0.408 e. The van der Waals surface area contributed by atoms with E-state index in [1.807, 2.05) is 61.8 Å². The van der Waals surface area contributed by atoms with Gasteiger partial charge in [-0.2, -0.15) is 0 Å². The van der Waals surface area contributed by atoms with Crippen molar-refractivity contribution in [3.05, 3.63) is 72.1 Å². The van der Waals surface area contributed by atoms with Gasteiger partial charge < -0.3 is 49.7 Å². The van der Waals surface area contributed by atoms with Crippen molar-refractivity contribution in [2.24, 2.45) is 11.8 Å². The number of amides is 6. The number of nitrogens with one attached hydrogen (secondary N) is 4. The van der Waals surface area contributed by atoms with Gasteiger partial charge in [0.1, 0.15) is 35.4 Å². The second-order valence-corrected chi connectivity index (χ2v) is 22.5. The topological polar surface area (TPSA) is 185 Å². The first-order chi connectivity index (χ1) is 34.9. The van der Waals surface area contributed by atoms with Crippen LogP contribution in [0.2, 0.25) is 0 Å². The Morgan fingerprint density at radius 2 is 0.932 bits per heavy atom. The lowest BCUT2D eigenvalue weighted by Gasteiger charge is -2.32. The number of nitrogens with zero attached hydrogens (tertiary/aromatic N) is 4. The van der Waals surface area contributed by atoms with Crippen LogP contribution in [0.4, 0.5) is 9.59 Å². The molecule has 0 radical (unpaired) electrons. The number of fused-ring (bicyclic) bond motifs is 2. The molecule has 6 rings (SSSR count). The number of benzene rings is 2. The summed E-state index contributed by atoms with van der Waals surface area (Å²) in [5.41, 5.74) is 2.89. The molecule has 6 amide bonds. The summed E-state index contributed by atoms with van der Waals surface area (Å²) in [5, 5.41) is 13.2. The summed E-state index contributed by atoms with van der Waals surface area (Å²) >= 11 is 0. The van der Waals surface area contributed by atoms with Crippen molar-refractivity contribution in [3.8, 4) is 23.7 Å². The Balaban J connectivity index is 1.08. The molecule has 2 aromatic carbocycles. The number of aromatic nitrogens is 2. The maximum absolute atomic E-state index is 14.2. The largest absolute Gasteiger partial charge is 0.444 e. The minimum atomic E-state index is -0.898. The van der Waals surface area contributed by atoms with Crippen molar-refractivity contribution < 1.29 is 38.2 Å². The highest BCUT2D eigenvalue weighted by Crippen LogP contribution is 2.30. The second kappa shape index (κ2) is 24.4. The van der Waals surface area contributed by atoms with Gasteiger partial charge in [-0.1, -0.05) is 75.9 Å². The zero-order valence-corrected chi connectivity index (χ0v) is 45.5. The van der Waals surface area contributed by atoms with Gasteiger partial charge in [0.2, 0.25) is 23.6 Å². The van der Waals surface area contributed by atoms with Crippen LogP contribution in [0.3, 0.4) is 0 Å². The molecule has 4 N–H and O–H groups in total. The first-order valence-corrected chi connectivity index (χ1v) is 26.2. The van der Waals surface area contributed by atoms with Crippen molar-refractivity contribution in [1.82, 2.24) is 40.2 Å². The summed E-state index contributed by atoms with van der Waals surface area (Å²) in [5.74, 6) is 11.1. The molecule has 2 aliphatic heterocycles. The standard InChI is InChI=1S/C58H78N8O8/c1-37(2)49(61-51(67)39(5)59-55(71)73-57(7,8)9)53(69)65-31-21-23-43(65)33-41-35-63(47-27-17-15-25-45(41)47)29-19-13-14-20-30-64-36-42(46-26-16-18-28-48(46)64)34-44-24-22-32-66(44)54(70)50(38(3)4)62-52(68)40(6)60-56(72)74-58(10,11)12/h15-18,25-28,35-40,43-44,49-50H,21-24,29-34H2,1-12H3,(H,59,71)(H,60,72)(H,61,67)(H,62,68)/t39-,40+,43-,44-,49-,50-/m0/s1. The van der Waals surface area contributed by atoms with Gasteiger partial charge in [0, 0.05) is 59.4 Å². The predicted molar refractivity (Wildman–Crippen MR) is 288 cm³/mol. The molecule has 2 aliphatic rings. The van der Waals surface area contributed by atoms with Crippen LogP contribution in [0.1, 0.15) is 120 Å². The molecule has 0 saturated carbocycles. The van der Waals surface area contributed by atoms with Crippen molar-refractivity contribution >= 4 is 57.6 Å². The van der Waals surface area contributed by atoms with Gasteiger partial charge in [0.25, 0.3) is 0 Å². The first kappa shape index (κ1) is 56.4. The maximum Gasteiger partial charge on any atom is 0.408 e. The van der Waals surface area contributed by atoms with E-state index in [-0.39, 0.29) is 35.7 Å². The Labute approximate surface area is 437 Å². The van der Waals surface area contributed by atoms with E-state index >= 15 is 0 Å². The average molecular weight is 1020 g/mol. The Kier molecular flexibility index (Phi) is 18.6. The molecule has 0 aliphatic carbocycles. The number of para-hydroxylation sites is 2. The van der Waals surface area contributed by atoms with E-state index in [9.17, 15) is 28.8 Å². The van der Waals surface area contributed by atoms with E-state index in [0.717, 1.165) is 58.6 Å². The third-order valence-electron chi connectivity index (χ3n) is 13.4. The third kappa shape index (κ3) is 14.9. The maximum atomic E-state index is 14.2. The number of hydrogen-bond donors (Lipinski definition) is 4. The molecular formula is C58H78N8O8. The van der Waals surface area contributed by atoms with E-state index in [4.69, 9.17) is 9.47 Å². The molecule has 2 aromatic heterocycles. The highest BCUT2D eigenvalue weighted by atomic mass is 16.6. The zero-order chi connectivity index (χ0) is 54.1. The van der Waals surface area contributed by atoms with Crippen LogP contribution in [0.25, 0.3) is 21.8 Å². The van der Waals surface area contributed by atoms with E-state index < -0.39 is 59.4 Å². The van der Waals surface area contributed by atoms with Crippen molar-refractivity contribution in [2.45, 2.75) is 182 Å². The minimum Gasteiger partial charge on any atom is -0.444 e. The molecule has 0 bridgehead atoms. The predicted octanol–water partition coefficient (Wildman–Crippen LogP) is 7.48. The Bertz CT molecular complexity index is 2620. The Morgan fingerprint density at radius 1 is 0.568 bits per heavy atom. The summed E-state index contributed by atoms with van der Waals surface area (Å²) in [6, 6.07) is 13.0. The van der Waals surface area contributed by atoms with Gasteiger partial charge in [-0.3, -0.25) is 19.2 Å². The van der Waals surface area contributed by atoms with E-state index in [0.29, 0.717) is 39.0 Å². The lowest BCUT2D eigenvalue weighted by Crippen LogP contribution is -2.56. The lowest BCUT2D eigenvalue weighted by molar-refractivity contribution is -0.139. The molecular weight excluding hydrogens is 937 g/mol. The monoisotopic (exact) mass is 1010 g/mol. The minimum absolute atomic E-state index is 0.0536. The van der Waals surface area contributed by atoms with E-state index in [1.165, 1.54) is 0 Å². The molecule has 16 nitrogen and oxygen atoms in total. The molecule has 0 spiro atoms. The van der Waals surface area contributed by atoms with Gasteiger partial charge in [0.05, 0.1) is 13.1 Å². The molecule has 4 heterocycles. The van der Waals surface area contributed by atoms with Crippen LogP contribution in [0, 0.1) is 35.5 Å². The zero-order valence-electron chi connectivity index (χ0n) is 45.5. The van der Waals surface area contributed by atoms with Crippen LogP contribution >= 0.6 is 0 Å². The third-order valence-corrected chi connectivity index (χ3v) is 13.4. The van der Waals surface area contributed by atoms with Crippen LogP contribution in [-0.4, -0.2) is 115 Å². The van der Waals surface area contributed by atoms with Gasteiger partial charge in [0.15, 0.2) is 0 Å². The van der Waals surface area contributed by atoms with Gasteiger partial charge >= 0.3 is 12.2 Å². The molecule has 74 heavy (non-hydrogen) atoms. The van der Waals surface area contributed by atoms with Crippen molar-refractivity contribution in [3.63, 3.8) is 0 Å². The highest BCUT2D eigenvalue weighted by Gasteiger charge is 2.38. The fraction of sp³-hybridized carbons (Fsp3) is 0.552. The fourth-order valence-corrected chi connectivity index (χ4v) is 9.79. The SMILES string of the molecule is CC(C)[C@H](NC(=O)[C@H](C)NC(=O)OC(C)(C)C)C(=O)N1CCC[C@H]1Cc1cn(CC#CC#CCn2cc(C[C@@H]3CCCN3C(=O)[C@@H](NC(=O)[C@@H](C)NC(=O)OC(C)(C)C)C(C)C)c3ccccc32)c2ccccc12. The van der Waals surface area contributed by atoms with Crippen molar-refractivity contribution in [2.75, 3.05) is 13.1 Å². The van der Waals surface area contributed by atoms with Gasteiger partial charge in [-0.05, 0) is 141 Å². The number of carbonyl (C=O) groups is 6. The molecule has 16 heteroatoms. The molecule has 4 aromatic rings. The average Bonchev–Trinajstić information content (AvgIpc) is 4.13. The summed E-state index contributed by atoms with van der Waals surface area (Å²) in [6.07, 6.45) is 7.54. The summed E-state index contributed by atoms with van der Waals surface area (Å²) in [4.78, 5) is 83.3. The summed E-state index contributed by atoms with van der Waals surface area (Å²) in [6.45, 7) is 23.3. The quantitative estimate of drug-likeness (QED) is 0.0833. The molecule has 0 unspecified atom stereocenters. The molecule has 6 atom stereocenters. The first-order valence-electron chi connectivity index (χ1n) is 26.2. The van der Waals surface area contributed by atoms with Crippen LogP contribution in [-0.2, 0) is 54.6 Å². The number of carbonyl (C=O) groups excluding carboxylic acids is 6. The number of likely N-dealkylation sites (tertiary alicyclic amines) is 2. The molecule has 2 saturated heterocycles. The summed E-state index contributed by atoms with van der Waals surface area (Å²) < 4.78 is 14.9. The second-order valence-electron chi connectivity index (χ2n) is 22.5. The van der Waals surface area contributed by atoms with E-state index in [1.54, 1.807) is 55.4 Å². The molecule has 2 fully saturated rings. The highest BCUT2D eigenvalue weighted by molar-refractivity contribution is 5.93. The van der Waals surface area contributed by atoms with Crippen molar-refractivity contribution in [1.29, 1.82) is 0 Å². The summed E-state index contributed by atoms with van der Waals surface area (Å²) in [7, 11) is 0. The Morgan fingerprint density at radius 3 is 1.28 bits per heavy atom. The number of alkyl carbamates (subject to hydrolysis) is 2. The lowest BCUT2D eigenvalue weighted by atomic mass is 9.99. The number of rotatable bonds is 16. The van der Waals surface area contributed by atoms with Crippen LogP contribution < -0.4 is 21.3 Å². The van der Waals surface area contributed by atoms with Crippen LogP contribution in [0.15, 0.2) is 60.9 Å². The Hall–Kier alpha value is -6.94. The van der Waals surface area contributed by atoms with E-state index in [2.05, 4.69) is 90.7 Å². The van der Waals surface area contributed by atoms with Gasteiger partial charge in [-0.25, -0.2) is 9.59 Å². The normalized spacial score (nSPS) is 17.4. The number of ether oxygens (including phenoxy) is 2. The molecule has 398 valence electrons. The fourth-order valence-electron chi connectivity index (χ4n) is 9.79.